The zero-order valence-electron chi connectivity index (χ0n) is 15.7. The number of anilines is 1. The van der Waals surface area contributed by atoms with Gasteiger partial charge in [-0.15, -0.1) is 0 Å². The summed E-state index contributed by atoms with van der Waals surface area (Å²) >= 11 is 0. The molecule has 0 bridgehead atoms. The van der Waals surface area contributed by atoms with Gasteiger partial charge in [-0.25, -0.2) is 14.8 Å². The van der Waals surface area contributed by atoms with Crippen molar-refractivity contribution in [3.63, 3.8) is 0 Å². The van der Waals surface area contributed by atoms with Crippen LogP contribution in [0.3, 0.4) is 0 Å². The van der Waals surface area contributed by atoms with Crippen LogP contribution in [0.5, 0.6) is 0 Å². The third-order valence-corrected chi connectivity index (χ3v) is 5.06. The fourth-order valence-corrected chi connectivity index (χ4v) is 3.68. The van der Waals surface area contributed by atoms with Gasteiger partial charge in [-0.05, 0) is 58.1 Å². The molecule has 0 spiro atoms. The molecule has 0 aliphatic heterocycles. The van der Waals surface area contributed by atoms with Crippen LogP contribution in [0.15, 0.2) is 22.9 Å². The molecule has 1 aliphatic carbocycles. The molecule has 3 rings (SSSR count). The Morgan fingerprint density at radius 2 is 2.15 bits per heavy atom. The van der Waals surface area contributed by atoms with Crippen molar-refractivity contribution in [3.8, 4) is 0 Å². The maximum atomic E-state index is 12.0. The van der Waals surface area contributed by atoms with Crippen LogP contribution < -0.4 is 5.32 Å². The van der Waals surface area contributed by atoms with Crippen LogP contribution >= 0.6 is 0 Å². The monoisotopic (exact) mass is 357 g/mol. The van der Waals surface area contributed by atoms with E-state index in [4.69, 9.17) is 9.15 Å². The van der Waals surface area contributed by atoms with Gasteiger partial charge in [0.05, 0.1) is 6.61 Å². The largest absolute Gasteiger partial charge is 0.466 e. The first-order valence-corrected chi connectivity index (χ1v) is 9.37. The van der Waals surface area contributed by atoms with Gasteiger partial charge in [0, 0.05) is 18.0 Å². The zero-order chi connectivity index (χ0) is 18.5. The molecule has 0 aromatic carbocycles. The zero-order valence-corrected chi connectivity index (χ0v) is 15.7. The van der Waals surface area contributed by atoms with Gasteiger partial charge >= 0.3 is 5.97 Å². The van der Waals surface area contributed by atoms with Gasteiger partial charge < -0.3 is 14.5 Å². The van der Waals surface area contributed by atoms with E-state index in [2.05, 4.69) is 21.4 Å². The van der Waals surface area contributed by atoms with Crippen LogP contribution in [0.1, 0.15) is 66.1 Å². The number of aryl methyl sites for hydroxylation is 1. The summed E-state index contributed by atoms with van der Waals surface area (Å²) in [4.78, 5) is 20.3. The Balaban J connectivity index is 1.62. The Morgan fingerprint density at radius 3 is 2.88 bits per heavy atom. The molecule has 2 aromatic heterocycles. The number of carbonyl (C=O) groups excluding carboxylic acids is 1. The summed E-state index contributed by atoms with van der Waals surface area (Å²) < 4.78 is 10.9. The highest BCUT2D eigenvalue weighted by Crippen LogP contribution is 2.37. The Hall–Kier alpha value is -2.37. The SMILES string of the molecule is CCOC(=O)c1ncnc(NC[C@@H]2CCCC(c3ccc(C)o3)C2)c1C. The molecule has 6 nitrogen and oxygen atoms in total. The molecule has 0 amide bonds. The van der Waals surface area contributed by atoms with E-state index in [9.17, 15) is 4.79 Å². The van der Waals surface area contributed by atoms with E-state index in [-0.39, 0.29) is 0 Å². The van der Waals surface area contributed by atoms with E-state index in [1.54, 1.807) is 6.92 Å². The second-order valence-corrected chi connectivity index (χ2v) is 6.98. The number of nitrogens with zero attached hydrogens (tertiary/aromatic N) is 2. The summed E-state index contributed by atoms with van der Waals surface area (Å²) in [6, 6.07) is 4.15. The Bertz CT molecular complexity index is 757. The number of esters is 1. The molecule has 0 radical (unpaired) electrons. The molecule has 2 atom stereocenters. The number of aromatic nitrogens is 2. The molecular formula is C20H27N3O3. The summed E-state index contributed by atoms with van der Waals surface area (Å²) in [6.07, 6.45) is 6.10. The highest BCUT2D eigenvalue weighted by molar-refractivity contribution is 5.90. The average molecular weight is 357 g/mol. The number of hydrogen-bond acceptors (Lipinski definition) is 6. The molecule has 1 fully saturated rings. The van der Waals surface area contributed by atoms with Gasteiger partial charge in [0.2, 0.25) is 0 Å². The van der Waals surface area contributed by atoms with E-state index in [0.29, 0.717) is 30.0 Å². The van der Waals surface area contributed by atoms with Gasteiger partial charge in [0.15, 0.2) is 5.69 Å². The third-order valence-electron chi connectivity index (χ3n) is 5.06. The van der Waals surface area contributed by atoms with E-state index < -0.39 is 5.97 Å². The number of ether oxygens (including phenoxy) is 1. The minimum absolute atomic E-state index is 0.330. The van der Waals surface area contributed by atoms with Crippen molar-refractivity contribution >= 4 is 11.8 Å². The van der Waals surface area contributed by atoms with Crippen molar-refractivity contribution in [1.82, 2.24) is 9.97 Å². The Labute approximate surface area is 154 Å². The third kappa shape index (κ3) is 4.23. The molecule has 1 unspecified atom stereocenters. The first-order chi connectivity index (χ1) is 12.6. The van der Waals surface area contributed by atoms with Gasteiger partial charge in [0.1, 0.15) is 23.7 Å². The maximum absolute atomic E-state index is 12.0. The van der Waals surface area contributed by atoms with Crippen LogP contribution in [0.4, 0.5) is 5.82 Å². The van der Waals surface area contributed by atoms with Crippen LogP contribution in [-0.2, 0) is 4.74 Å². The summed E-state index contributed by atoms with van der Waals surface area (Å²) in [5.74, 6) is 3.43. The summed E-state index contributed by atoms with van der Waals surface area (Å²) in [5, 5.41) is 3.41. The summed E-state index contributed by atoms with van der Waals surface area (Å²) in [7, 11) is 0. The lowest BCUT2D eigenvalue weighted by atomic mass is 9.80. The normalized spacial score (nSPS) is 20.0. The van der Waals surface area contributed by atoms with Crippen molar-refractivity contribution in [2.45, 2.75) is 52.4 Å². The van der Waals surface area contributed by atoms with Gasteiger partial charge in [-0.2, -0.15) is 0 Å². The molecule has 26 heavy (non-hydrogen) atoms. The fraction of sp³-hybridized carbons (Fsp3) is 0.550. The van der Waals surface area contributed by atoms with E-state index in [1.807, 2.05) is 19.9 Å². The van der Waals surface area contributed by atoms with Crippen molar-refractivity contribution in [2.75, 3.05) is 18.5 Å². The number of rotatable bonds is 6. The smallest absolute Gasteiger partial charge is 0.357 e. The minimum atomic E-state index is -0.402. The Morgan fingerprint density at radius 1 is 1.31 bits per heavy atom. The molecule has 6 heteroatoms. The number of nitrogens with one attached hydrogen (secondary N) is 1. The van der Waals surface area contributed by atoms with Gasteiger partial charge in [0.25, 0.3) is 0 Å². The number of hydrogen-bond donors (Lipinski definition) is 1. The topological polar surface area (TPSA) is 77.2 Å². The van der Waals surface area contributed by atoms with Crippen LogP contribution in [-0.4, -0.2) is 29.1 Å². The summed E-state index contributed by atoms with van der Waals surface area (Å²) in [5.41, 5.74) is 1.07. The van der Waals surface area contributed by atoms with Crippen molar-refractivity contribution in [2.24, 2.45) is 5.92 Å². The van der Waals surface area contributed by atoms with Crippen LogP contribution in [0.25, 0.3) is 0 Å². The highest BCUT2D eigenvalue weighted by atomic mass is 16.5. The van der Waals surface area contributed by atoms with Gasteiger partial charge in [-0.3, -0.25) is 0 Å². The van der Waals surface area contributed by atoms with E-state index >= 15 is 0 Å². The number of furan rings is 1. The first-order valence-electron chi connectivity index (χ1n) is 9.37. The highest BCUT2D eigenvalue weighted by Gasteiger charge is 2.25. The van der Waals surface area contributed by atoms with E-state index in [0.717, 1.165) is 30.0 Å². The maximum Gasteiger partial charge on any atom is 0.357 e. The average Bonchev–Trinajstić information content (AvgIpc) is 3.08. The Kier molecular flexibility index (Phi) is 5.91. The predicted octanol–water partition coefficient (Wildman–Crippen LogP) is 4.25. The molecule has 1 saturated carbocycles. The lowest BCUT2D eigenvalue weighted by Gasteiger charge is -2.28. The first kappa shape index (κ1) is 18.4. The lowest BCUT2D eigenvalue weighted by molar-refractivity contribution is 0.0518. The van der Waals surface area contributed by atoms with Crippen LogP contribution in [0, 0.1) is 19.8 Å². The molecule has 0 saturated heterocycles. The fourth-order valence-electron chi connectivity index (χ4n) is 3.68. The molecular weight excluding hydrogens is 330 g/mol. The van der Waals surface area contributed by atoms with E-state index in [1.165, 1.54) is 25.6 Å². The number of carbonyl (C=O) groups is 1. The quantitative estimate of drug-likeness (QED) is 0.779. The second-order valence-electron chi connectivity index (χ2n) is 6.98. The van der Waals surface area contributed by atoms with Gasteiger partial charge in [-0.1, -0.05) is 6.42 Å². The molecule has 1 N–H and O–H groups in total. The van der Waals surface area contributed by atoms with Crippen molar-refractivity contribution < 1.29 is 13.9 Å². The standard InChI is InChI=1S/C20H27N3O3/c1-4-25-20(24)18-14(3)19(23-12-22-18)21-11-15-6-5-7-16(10-15)17-9-8-13(2)26-17/h8-9,12,15-16H,4-7,10-11H2,1-3H3,(H,21,22,23)/t15-,16?/m1/s1. The second kappa shape index (κ2) is 8.34. The lowest BCUT2D eigenvalue weighted by Crippen LogP contribution is -2.22. The molecule has 2 heterocycles. The molecule has 140 valence electrons. The van der Waals surface area contributed by atoms with Crippen molar-refractivity contribution in [3.05, 3.63) is 41.2 Å². The predicted molar refractivity (Wildman–Crippen MR) is 99.4 cm³/mol. The molecule has 1 aliphatic rings. The van der Waals surface area contributed by atoms with Crippen LogP contribution in [0.2, 0.25) is 0 Å². The van der Waals surface area contributed by atoms with Crippen molar-refractivity contribution in [1.29, 1.82) is 0 Å². The molecule has 2 aromatic rings. The minimum Gasteiger partial charge on any atom is -0.466 e. The summed E-state index contributed by atoms with van der Waals surface area (Å²) in [6.45, 7) is 6.79.